The average Bonchev–Trinajstić information content (AvgIpc) is 2.46. The molecule has 20 heavy (non-hydrogen) atoms. The summed E-state index contributed by atoms with van der Waals surface area (Å²) in [5.74, 6) is 0. The Labute approximate surface area is 122 Å². The summed E-state index contributed by atoms with van der Waals surface area (Å²) in [6.07, 6.45) is 1.71. The highest BCUT2D eigenvalue weighted by molar-refractivity contribution is 6.61. The Kier molecular flexibility index (Phi) is 3.42. The van der Waals surface area contributed by atoms with Gasteiger partial charge in [0.15, 0.2) is 0 Å². The molecule has 0 saturated carbocycles. The lowest BCUT2D eigenvalue weighted by Gasteiger charge is -2.32. The van der Waals surface area contributed by atoms with Crippen molar-refractivity contribution in [1.82, 2.24) is 4.98 Å². The van der Waals surface area contributed by atoms with E-state index in [2.05, 4.69) is 25.8 Å². The predicted octanol–water partition coefficient (Wildman–Crippen LogP) is 2.26. The molecule has 0 spiro atoms. The first-order valence-corrected chi connectivity index (χ1v) is 7.06. The smallest absolute Gasteiger partial charge is 0.398 e. The van der Waals surface area contributed by atoms with Gasteiger partial charge in [0.1, 0.15) is 0 Å². The van der Waals surface area contributed by atoms with Gasteiger partial charge in [-0.1, -0.05) is 20.8 Å². The van der Waals surface area contributed by atoms with Crippen molar-refractivity contribution in [3.63, 3.8) is 0 Å². The topological polar surface area (TPSA) is 57.4 Å². The molecule has 2 N–H and O–H groups in total. The van der Waals surface area contributed by atoms with Crippen LogP contribution in [0.5, 0.6) is 0 Å². The first-order valence-electron chi connectivity index (χ1n) is 7.06. The Hall–Kier alpha value is -1.07. The van der Waals surface area contributed by atoms with Crippen LogP contribution in [-0.4, -0.2) is 23.3 Å². The summed E-state index contributed by atoms with van der Waals surface area (Å²) in [5.41, 5.74) is 7.81. The number of nitrogens with two attached hydrogens (primary N) is 1. The van der Waals surface area contributed by atoms with Crippen LogP contribution in [0.3, 0.4) is 0 Å². The molecule has 110 valence electrons. The monoisotopic (exact) mass is 276 g/mol. The molecule has 1 aliphatic heterocycles. The summed E-state index contributed by atoms with van der Waals surface area (Å²) >= 11 is 0. The highest BCUT2D eigenvalue weighted by atomic mass is 16.7. The Balaban J connectivity index is 2.49. The van der Waals surface area contributed by atoms with Crippen molar-refractivity contribution in [1.29, 1.82) is 0 Å². The SMILES string of the molecule is CC(C)(C)c1c(N)ccnc1B1OC(C)(C)C(C)(C)O1. The van der Waals surface area contributed by atoms with Gasteiger partial charge in [-0.2, -0.15) is 0 Å². The number of anilines is 1. The van der Waals surface area contributed by atoms with Crippen LogP contribution >= 0.6 is 0 Å². The lowest BCUT2D eigenvalue weighted by atomic mass is 9.72. The van der Waals surface area contributed by atoms with Crippen molar-refractivity contribution < 1.29 is 9.31 Å². The normalized spacial score (nSPS) is 21.2. The minimum Gasteiger partial charge on any atom is -0.398 e. The van der Waals surface area contributed by atoms with Gasteiger partial charge in [-0.15, -0.1) is 0 Å². The standard InChI is InChI=1S/C15H25BN2O2/c1-13(2,3)11-10(17)8-9-18-12(11)16-19-14(4,5)15(6,7)20-16/h8-9H,1-7H3,(H2,17,18). The predicted molar refractivity (Wildman–Crippen MR) is 83.1 cm³/mol. The van der Waals surface area contributed by atoms with E-state index in [1.165, 1.54) is 0 Å². The quantitative estimate of drug-likeness (QED) is 0.799. The van der Waals surface area contributed by atoms with Crippen molar-refractivity contribution in [2.75, 3.05) is 5.73 Å². The molecule has 0 bridgehead atoms. The van der Waals surface area contributed by atoms with Gasteiger partial charge in [-0.3, -0.25) is 4.98 Å². The van der Waals surface area contributed by atoms with Crippen molar-refractivity contribution in [2.45, 2.75) is 65.1 Å². The fourth-order valence-electron chi connectivity index (χ4n) is 2.44. The van der Waals surface area contributed by atoms with Crippen LogP contribution in [0, 0.1) is 0 Å². The molecule has 4 nitrogen and oxygen atoms in total. The zero-order valence-corrected chi connectivity index (χ0v) is 13.6. The first-order chi connectivity index (χ1) is 8.96. The zero-order valence-electron chi connectivity index (χ0n) is 13.6. The number of rotatable bonds is 1. The van der Waals surface area contributed by atoms with Gasteiger partial charge in [0, 0.05) is 11.9 Å². The van der Waals surface area contributed by atoms with Crippen LogP contribution in [0.15, 0.2) is 12.3 Å². The molecule has 0 aliphatic carbocycles. The Bertz CT molecular complexity index is 505. The number of hydrogen-bond donors (Lipinski definition) is 1. The van der Waals surface area contributed by atoms with Crippen LogP contribution in [0.4, 0.5) is 5.69 Å². The zero-order chi connectivity index (χ0) is 15.3. The number of pyridine rings is 1. The molecule has 1 aromatic heterocycles. The number of nitrogens with zero attached hydrogens (tertiary/aromatic N) is 1. The van der Waals surface area contributed by atoms with Crippen LogP contribution in [0.1, 0.15) is 54.0 Å². The van der Waals surface area contributed by atoms with E-state index in [4.69, 9.17) is 15.0 Å². The van der Waals surface area contributed by atoms with Gasteiger partial charge in [-0.05, 0) is 44.7 Å². The van der Waals surface area contributed by atoms with Gasteiger partial charge >= 0.3 is 7.12 Å². The molecule has 0 aromatic carbocycles. The number of hydrogen-bond acceptors (Lipinski definition) is 4. The van der Waals surface area contributed by atoms with E-state index in [9.17, 15) is 0 Å². The fraction of sp³-hybridized carbons (Fsp3) is 0.667. The number of nitrogen functional groups attached to an aromatic ring is 1. The Morgan fingerprint density at radius 2 is 1.60 bits per heavy atom. The van der Waals surface area contributed by atoms with Crippen LogP contribution in [0.25, 0.3) is 0 Å². The summed E-state index contributed by atoms with van der Waals surface area (Å²) in [6.45, 7) is 14.5. The second kappa shape index (κ2) is 4.47. The van der Waals surface area contributed by atoms with Crippen LogP contribution in [-0.2, 0) is 14.7 Å². The van der Waals surface area contributed by atoms with E-state index in [-0.39, 0.29) is 16.6 Å². The summed E-state index contributed by atoms with van der Waals surface area (Å²) < 4.78 is 12.2. The molecule has 1 fully saturated rings. The maximum atomic E-state index is 6.16. The van der Waals surface area contributed by atoms with Gasteiger partial charge in [0.2, 0.25) is 0 Å². The van der Waals surface area contributed by atoms with Crippen molar-refractivity contribution in [3.05, 3.63) is 17.8 Å². The first kappa shape index (κ1) is 15.3. The lowest BCUT2D eigenvalue weighted by Crippen LogP contribution is -2.42. The summed E-state index contributed by atoms with van der Waals surface area (Å²) in [7, 11) is -0.474. The summed E-state index contributed by atoms with van der Waals surface area (Å²) in [4.78, 5) is 4.49. The summed E-state index contributed by atoms with van der Waals surface area (Å²) in [5, 5.41) is 0. The van der Waals surface area contributed by atoms with Gasteiger partial charge in [-0.25, -0.2) is 0 Å². The minimum absolute atomic E-state index is 0.114. The van der Waals surface area contributed by atoms with Gasteiger partial charge in [0.05, 0.1) is 16.8 Å². The molecule has 0 unspecified atom stereocenters. The molecule has 2 heterocycles. The largest absolute Gasteiger partial charge is 0.514 e. The maximum Gasteiger partial charge on any atom is 0.514 e. The average molecular weight is 276 g/mol. The molecule has 0 radical (unpaired) electrons. The van der Waals surface area contributed by atoms with E-state index in [1.54, 1.807) is 6.20 Å². The van der Waals surface area contributed by atoms with Crippen LogP contribution in [0.2, 0.25) is 0 Å². The fourth-order valence-corrected chi connectivity index (χ4v) is 2.44. The van der Waals surface area contributed by atoms with E-state index in [0.717, 1.165) is 16.8 Å². The molecule has 5 heteroatoms. The molecule has 1 aliphatic rings. The number of aromatic nitrogens is 1. The third kappa shape index (κ3) is 2.45. The van der Waals surface area contributed by atoms with E-state index in [0.29, 0.717) is 0 Å². The lowest BCUT2D eigenvalue weighted by molar-refractivity contribution is 0.00578. The van der Waals surface area contributed by atoms with Crippen molar-refractivity contribution >= 4 is 18.4 Å². The third-order valence-corrected chi connectivity index (χ3v) is 4.24. The van der Waals surface area contributed by atoms with Crippen molar-refractivity contribution in [3.8, 4) is 0 Å². The van der Waals surface area contributed by atoms with Gasteiger partial charge < -0.3 is 15.0 Å². The molecule has 1 aromatic rings. The van der Waals surface area contributed by atoms with Gasteiger partial charge in [0.25, 0.3) is 0 Å². The second-order valence-electron chi connectivity index (χ2n) is 7.50. The third-order valence-electron chi connectivity index (χ3n) is 4.24. The Morgan fingerprint density at radius 3 is 2.05 bits per heavy atom. The molecule has 2 rings (SSSR count). The molecule has 1 saturated heterocycles. The minimum atomic E-state index is -0.474. The highest BCUT2D eigenvalue weighted by Gasteiger charge is 2.53. The molecular weight excluding hydrogens is 251 g/mol. The van der Waals surface area contributed by atoms with Crippen LogP contribution < -0.4 is 11.3 Å². The second-order valence-corrected chi connectivity index (χ2v) is 7.50. The Morgan fingerprint density at radius 1 is 1.10 bits per heavy atom. The highest BCUT2D eigenvalue weighted by Crippen LogP contribution is 2.37. The van der Waals surface area contributed by atoms with E-state index in [1.807, 2.05) is 33.8 Å². The maximum absolute atomic E-state index is 6.16. The summed E-state index contributed by atoms with van der Waals surface area (Å²) in [6, 6.07) is 1.83. The molecular formula is C15H25BN2O2. The molecule has 0 atom stereocenters. The van der Waals surface area contributed by atoms with E-state index < -0.39 is 7.12 Å². The molecule has 0 amide bonds. The van der Waals surface area contributed by atoms with E-state index >= 15 is 0 Å². The van der Waals surface area contributed by atoms with Crippen molar-refractivity contribution in [2.24, 2.45) is 0 Å².